The van der Waals surface area contributed by atoms with Crippen LogP contribution in [0, 0.1) is 20.8 Å². The lowest BCUT2D eigenvalue weighted by Crippen LogP contribution is -2.61. The first kappa shape index (κ1) is 46.6. The van der Waals surface area contributed by atoms with Crippen LogP contribution in [-0.2, 0) is 21.7 Å². The summed E-state index contributed by atoms with van der Waals surface area (Å²) < 4.78 is 2.49. The van der Waals surface area contributed by atoms with E-state index in [-0.39, 0.29) is 28.4 Å². The molecule has 0 spiro atoms. The summed E-state index contributed by atoms with van der Waals surface area (Å²) in [4.78, 5) is 5.27. The Kier molecular flexibility index (Phi) is 10.6. The van der Waals surface area contributed by atoms with E-state index in [1.54, 1.807) is 0 Å². The number of aromatic nitrogens is 1. The molecule has 3 nitrogen and oxygen atoms in total. The number of para-hydroxylation sites is 3. The minimum Gasteiger partial charge on any atom is -0.311 e. The van der Waals surface area contributed by atoms with Gasteiger partial charge in [-0.3, -0.25) is 0 Å². The molecule has 0 N–H and O–H groups in total. The number of benzene rings is 8. The molecule has 0 aliphatic carbocycles. The molecule has 9 aromatic rings. The van der Waals surface area contributed by atoms with Crippen LogP contribution in [0.2, 0.25) is 0 Å². The summed E-state index contributed by atoms with van der Waals surface area (Å²) in [6, 6.07) is 59.0. The molecule has 4 heteroatoms. The molecule has 1 aromatic heterocycles. The summed E-state index contributed by atoms with van der Waals surface area (Å²) in [6.07, 6.45) is 0. The zero-order chi connectivity index (χ0) is 50.3. The smallest absolute Gasteiger partial charge is 0.252 e. The van der Waals surface area contributed by atoms with Gasteiger partial charge in [0.05, 0.1) is 11.0 Å². The summed E-state index contributed by atoms with van der Waals surface area (Å²) in [5.74, 6) is 0. The maximum absolute atomic E-state index is 2.64. The van der Waals surface area contributed by atoms with E-state index in [0.717, 1.165) is 0 Å². The number of anilines is 6. The van der Waals surface area contributed by atoms with E-state index >= 15 is 0 Å². The Labute approximate surface area is 424 Å². The molecule has 3 heterocycles. The Morgan fingerprint density at radius 2 is 0.789 bits per heavy atom. The first-order valence-corrected chi connectivity index (χ1v) is 25.9. The topological polar surface area (TPSA) is 11.4 Å². The quantitative estimate of drug-likeness (QED) is 0.163. The number of nitrogens with zero attached hydrogens (tertiary/aromatic N) is 3. The van der Waals surface area contributed by atoms with Crippen molar-refractivity contribution in [3.8, 4) is 16.8 Å². The molecule has 8 aromatic carbocycles. The van der Waals surface area contributed by atoms with Crippen molar-refractivity contribution in [3.05, 3.63) is 191 Å². The van der Waals surface area contributed by atoms with Crippen LogP contribution in [0.4, 0.5) is 34.1 Å². The van der Waals surface area contributed by atoms with Crippen molar-refractivity contribution in [1.29, 1.82) is 0 Å². The molecule has 2 aliphatic rings. The predicted molar refractivity (Wildman–Crippen MR) is 309 cm³/mol. The van der Waals surface area contributed by atoms with Gasteiger partial charge in [0.2, 0.25) is 0 Å². The Balaban J connectivity index is 1.31. The second-order valence-electron chi connectivity index (χ2n) is 25.0. The maximum Gasteiger partial charge on any atom is 0.252 e. The second-order valence-corrected chi connectivity index (χ2v) is 25.0. The van der Waals surface area contributed by atoms with E-state index in [2.05, 4.69) is 270 Å². The van der Waals surface area contributed by atoms with Gasteiger partial charge in [0.1, 0.15) is 0 Å². The van der Waals surface area contributed by atoms with Crippen molar-refractivity contribution in [1.82, 2.24) is 4.57 Å². The third kappa shape index (κ3) is 7.72. The molecule has 0 saturated carbocycles. The number of aryl methyl sites for hydroxylation is 3. The normalized spacial score (nSPS) is 13.8. The fraction of sp³-hybridized carbons (Fsp3) is 0.284. The zero-order valence-corrected chi connectivity index (χ0v) is 44.9. The van der Waals surface area contributed by atoms with Crippen molar-refractivity contribution in [3.63, 3.8) is 0 Å². The Bertz CT molecular complexity index is 3470. The standard InChI is InChI=1S/C67H70BN3/c1-41-30-42(2)62(43(3)31-41)44-32-60-63-61(33-44)71(51-38-47(66(10,11)12)35-48(39-51)67(13,14)15)59-29-28-49(69-56-25-19-16-22-52(56)53-23-17-20-26-57(53)69)40-55(59)68(63)54-24-18-21-27-58(54)70(60)50-36-45(64(4,5)6)34-46(37-50)65(7,8)9/h16-40H,1-15H3. The van der Waals surface area contributed by atoms with E-state index in [1.807, 2.05) is 0 Å². The lowest BCUT2D eigenvalue weighted by Gasteiger charge is -2.45. The van der Waals surface area contributed by atoms with Crippen LogP contribution in [0.25, 0.3) is 38.6 Å². The molecule has 0 radical (unpaired) electrons. The van der Waals surface area contributed by atoms with Gasteiger partial charge in [-0.15, -0.1) is 0 Å². The van der Waals surface area contributed by atoms with Crippen LogP contribution < -0.4 is 26.2 Å². The van der Waals surface area contributed by atoms with Gasteiger partial charge in [-0.2, -0.15) is 0 Å². The monoisotopic (exact) mass is 928 g/mol. The molecule has 356 valence electrons. The summed E-state index contributed by atoms with van der Waals surface area (Å²) >= 11 is 0. The number of hydrogen-bond acceptors (Lipinski definition) is 2. The lowest BCUT2D eigenvalue weighted by atomic mass is 9.33. The van der Waals surface area contributed by atoms with Gasteiger partial charge in [-0.25, -0.2) is 0 Å². The average molecular weight is 928 g/mol. The van der Waals surface area contributed by atoms with Crippen LogP contribution in [0.5, 0.6) is 0 Å². The second kappa shape index (κ2) is 16.1. The first-order valence-electron chi connectivity index (χ1n) is 25.9. The molecule has 0 unspecified atom stereocenters. The van der Waals surface area contributed by atoms with Gasteiger partial charge in [0.25, 0.3) is 6.71 Å². The summed E-state index contributed by atoms with van der Waals surface area (Å²) in [5, 5.41) is 2.53. The van der Waals surface area contributed by atoms with E-state index in [9.17, 15) is 0 Å². The molecular formula is C67H70BN3. The lowest BCUT2D eigenvalue weighted by molar-refractivity contribution is 0.568. The molecule has 0 atom stereocenters. The van der Waals surface area contributed by atoms with Crippen molar-refractivity contribution in [2.24, 2.45) is 0 Å². The molecule has 0 bridgehead atoms. The fourth-order valence-corrected chi connectivity index (χ4v) is 11.8. The molecule has 0 saturated heterocycles. The van der Waals surface area contributed by atoms with Gasteiger partial charge in [-0.1, -0.05) is 168 Å². The first-order chi connectivity index (χ1) is 33.5. The van der Waals surface area contributed by atoms with Crippen molar-refractivity contribution in [2.45, 2.75) is 126 Å². The van der Waals surface area contributed by atoms with E-state index in [1.165, 1.54) is 128 Å². The van der Waals surface area contributed by atoms with Crippen LogP contribution in [0.15, 0.2) is 152 Å². The average Bonchev–Trinajstić information content (AvgIpc) is 3.64. The molecule has 11 rings (SSSR count). The number of hydrogen-bond donors (Lipinski definition) is 0. The van der Waals surface area contributed by atoms with Crippen LogP contribution in [0.3, 0.4) is 0 Å². The van der Waals surface area contributed by atoms with E-state index in [4.69, 9.17) is 0 Å². The highest BCUT2D eigenvalue weighted by Gasteiger charge is 2.44. The summed E-state index contributed by atoms with van der Waals surface area (Å²) in [7, 11) is 0. The largest absolute Gasteiger partial charge is 0.311 e. The highest BCUT2D eigenvalue weighted by Crippen LogP contribution is 2.49. The van der Waals surface area contributed by atoms with Crippen molar-refractivity contribution < 1.29 is 0 Å². The maximum atomic E-state index is 2.64. The van der Waals surface area contributed by atoms with Crippen molar-refractivity contribution in [2.75, 3.05) is 9.80 Å². The van der Waals surface area contributed by atoms with Crippen LogP contribution in [-0.4, -0.2) is 11.3 Å². The Hall–Kier alpha value is -6.78. The van der Waals surface area contributed by atoms with Gasteiger partial charge >= 0.3 is 0 Å². The number of rotatable bonds is 4. The molecule has 71 heavy (non-hydrogen) atoms. The van der Waals surface area contributed by atoms with Gasteiger partial charge in [0, 0.05) is 50.6 Å². The third-order valence-electron chi connectivity index (χ3n) is 15.6. The molecular weight excluding hydrogens is 858 g/mol. The summed E-state index contributed by atoms with van der Waals surface area (Å²) in [5.41, 5.74) is 26.3. The molecule has 0 amide bonds. The SMILES string of the molecule is Cc1cc(C)c(-c2cc3c4c(c2)N(c2cc(C(C)(C)C)cc(C(C)(C)C)c2)c2ccc(-n5c6ccccc6c6ccccc65)cc2B4c2ccccc2N3c2cc(C(C)(C)C)cc(C(C)(C)C)c2)c(C)c1. The molecule has 0 fully saturated rings. The van der Waals surface area contributed by atoms with E-state index < -0.39 is 0 Å². The number of fused-ring (bicyclic) bond motifs is 7. The van der Waals surface area contributed by atoms with Gasteiger partial charge in [0.15, 0.2) is 0 Å². The zero-order valence-electron chi connectivity index (χ0n) is 44.9. The highest BCUT2D eigenvalue weighted by molar-refractivity contribution is 7.00. The Morgan fingerprint density at radius 3 is 1.25 bits per heavy atom. The van der Waals surface area contributed by atoms with Crippen LogP contribution >= 0.6 is 0 Å². The van der Waals surface area contributed by atoms with E-state index in [0.29, 0.717) is 0 Å². The van der Waals surface area contributed by atoms with Crippen molar-refractivity contribution >= 4 is 79.0 Å². The highest BCUT2D eigenvalue weighted by atomic mass is 15.2. The fourth-order valence-electron chi connectivity index (χ4n) is 11.8. The van der Waals surface area contributed by atoms with Gasteiger partial charge < -0.3 is 14.4 Å². The molecule has 2 aliphatic heterocycles. The summed E-state index contributed by atoms with van der Waals surface area (Å²) in [6.45, 7) is 35.0. The Morgan fingerprint density at radius 1 is 0.366 bits per heavy atom. The minimum atomic E-state index is -0.0759. The van der Waals surface area contributed by atoms with Gasteiger partial charge in [-0.05, 0) is 176 Å². The predicted octanol–water partition coefficient (Wildman–Crippen LogP) is 16.6. The minimum absolute atomic E-state index is 0.0539. The third-order valence-corrected chi connectivity index (χ3v) is 15.6. The van der Waals surface area contributed by atoms with Crippen LogP contribution in [0.1, 0.15) is 122 Å².